The van der Waals surface area contributed by atoms with Crippen molar-refractivity contribution < 1.29 is 0 Å². The molecule has 1 atom stereocenters. The van der Waals surface area contributed by atoms with Gasteiger partial charge >= 0.3 is 0 Å². The zero-order chi connectivity index (χ0) is 11.4. The van der Waals surface area contributed by atoms with Gasteiger partial charge in [-0.25, -0.2) is 0 Å². The lowest BCUT2D eigenvalue weighted by Gasteiger charge is -2.11. The minimum Gasteiger partial charge on any atom is -0.311 e. The van der Waals surface area contributed by atoms with Gasteiger partial charge in [0.1, 0.15) is 5.00 Å². The monoisotopic (exact) mass is 244 g/mol. The maximum absolute atomic E-state index is 3.64. The predicted octanol–water partition coefficient (Wildman–Crippen LogP) is 3.19. The van der Waals surface area contributed by atoms with E-state index in [2.05, 4.69) is 35.1 Å². The molecule has 0 saturated heterocycles. The molecule has 0 fully saturated rings. The summed E-state index contributed by atoms with van der Waals surface area (Å²) in [6.45, 7) is 3.28. The van der Waals surface area contributed by atoms with E-state index < -0.39 is 0 Å². The number of nitrogens with one attached hydrogen (secondary N) is 1. The van der Waals surface area contributed by atoms with Crippen molar-refractivity contribution in [2.75, 3.05) is 0 Å². The lowest BCUT2D eigenvalue weighted by molar-refractivity contribution is 0.568. The van der Waals surface area contributed by atoms with Gasteiger partial charge in [0.15, 0.2) is 0 Å². The number of aromatic nitrogens is 1. The van der Waals surface area contributed by atoms with Crippen LogP contribution in [0.3, 0.4) is 0 Å². The van der Waals surface area contributed by atoms with Crippen molar-refractivity contribution in [3.05, 3.63) is 40.0 Å². The molecule has 0 amide bonds. The summed E-state index contributed by atoms with van der Waals surface area (Å²) >= 11 is 2.01. The Morgan fingerprint density at radius 3 is 3.24 bits per heavy atom. The fourth-order valence-electron chi connectivity index (χ4n) is 3.12. The molecule has 0 unspecified atom stereocenters. The van der Waals surface area contributed by atoms with Crippen LogP contribution in [0.1, 0.15) is 41.1 Å². The number of nitrogens with zero attached hydrogens (tertiary/aromatic N) is 1. The van der Waals surface area contributed by atoms with Crippen LogP contribution in [-0.2, 0) is 19.4 Å². The summed E-state index contributed by atoms with van der Waals surface area (Å²) in [6.07, 6.45) is 6.14. The van der Waals surface area contributed by atoms with Gasteiger partial charge < -0.3 is 9.88 Å². The summed E-state index contributed by atoms with van der Waals surface area (Å²) in [4.78, 5) is 1.63. The van der Waals surface area contributed by atoms with E-state index in [0.717, 1.165) is 6.54 Å². The van der Waals surface area contributed by atoms with Crippen LogP contribution in [0.15, 0.2) is 18.3 Å². The normalized spacial score (nSPS) is 21.8. The molecule has 17 heavy (non-hydrogen) atoms. The van der Waals surface area contributed by atoms with Gasteiger partial charge in [-0.1, -0.05) is 0 Å². The third-order valence-electron chi connectivity index (χ3n) is 4.04. The molecule has 1 N–H and O–H groups in total. The van der Waals surface area contributed by atoms with E-state index in [1.54, 1.807) is 16.0 Å². The molecule has 1 aliphatic carbocycles. The van der Waals surface area contributed by atoms with Crippen molar-refractivity contribution >= 4 is 11.3 Å². The minimum absolute atomic E-state index is 0.446. The third kappa shape index (κ3) is 1.30. The first-order valence-electron chi connectivity index (χ1n) is 6.39. The third-order valence-corrected chi connectivity index (χ3v) is 5.37. The van der Waals surface area contributed by atoms with Crippen molar-refractivity contribution in [3.8, 4) is 5.00 Å². The van der Waals surface area contributed by atoms with Gasteiger partial charge in [0.2, 0.25) is 0 Å². The molecule has 0 aromatic carbocycles. The van der Waals surface area contributed by atoms with E-state index in [1.807, 2.05) is 11.3 Å². The Morgan fingerprint density at radius 1 is 1.35 bits per heavy atom. The second-order valence-corrected chi connectivity index (χ2v) is 6.13. The van der Waals surface area contributed by atoms with Gasteiger partial charge in [0.05, 0.1) is 0 Å². The Bertz CT molecular complexity index is 579. The zero-order valence-electron chi connectivity index (χ0n) is 9.99. The van der Waals surface area contributed by atoms with Crippen molar-refractivity contribution in [2.24, 2.45) is 0 Å². The molecule has 4 rings (SSSR count). The summed E-state index contributed by atoms with van der Waals surface area (Å²) in [5, 5.41) is 5.11. The zero-order valence-corrected chi connectivity index (χ0v) is 10.8. The lowest BCUT2D eigenvalue weighted by Crippen LogP contribution is -2.17. The first kappa shape index (κ1) is 9.92. The van der Waals surface area contributed by atoms with Crippen molar-refractivity contribution in [1.82, 2.24) is 9.88 Å². The van der Waals surface area contributed by atoms with Crippen LogP contribution in [0.4, 0.5) is 0 Å². The van der Waals surface area contributed by atoms with Gasteiger partial charge in [-0.15, -0.1) is 11.3 Å². The molecule has 0 bridgehead atoms. The Kier molecular flexibility index (Phi) is 2.02. The number of rotatable bonds is 0. The highest BCUT2D eigenvalue weighted by atomic mass is 32.1. The highest BCUT2D eigenvalue weighted by Crippen LogP contribution is 2.40. The maximum atomic E-state index is 3.64. The molecule has 2 aromatic heterocycles. The molecule has 2 aliphatic rings. The van der Waals surface area contributed by atoms with E-state index >= 15 is 0 Å². The second-order valence-electron chi connectivity index (χ2n) is 5.05. The van der Waals surface area contributed by atoms with Crippen LogP contribution in [0.25, 0.3) is 5.00 Å². The van der Waals surface area contributed by atoms with Crippen LogP contribution >= 0.6 is 11.3 Å². The molecule has 1 aliphatic heterocycles. The predicted molar refractivity (Wildman–Crippen MR) is 70.9 cm³/mol. The van der Waals surface area contributed by atoms with E-state index in [4.69, 9.17) is 0 Å². The first-order chi connectivity index (χ1) is 8.34. The first-order valence-corrected chi connectivity index (χ1v) is 7.20. The van der Waals surface area contributed by atoms with Crippen LogP contribution in [0.2, 0.25) is 0 Å². The van der Waals surface area contributed by atoms with Crippen LogP contribution in [0, 0.1) is 0 Å². The number of fused-ring (bicyclic) bond motifs is 5. The van der Waals surface area contributed by atoms with Gasteiger partial charge in [-0.2, -0.15) is 0 Å². The molecular weight excluding hydrogens is 228 g/mol. The molecule has 88 valence electrons. The molecule has 0 radical (unpaired) electrons. The molecule has 3 heterocycles. The van der Waals surface area contributed by atoms with E-state index in [9.17, 15) is 0 Å². The summed E-state index contributed by atoms with van der Waals surface area (Å²) in [5.74, 6) is 0. The van der Waals surface area contributed by atoms with Crippen molar-refractivity contribution in [2.45, 2.75) is 38.8 Å². The Balaban J connectivity index is 1.98. The number of hydrogen-bond acceptors (Lipinski definition) is 2. The van der Waals surface area contributed by atoms with Crippen LogP contribution in [-0.4, -0.2) is 4.57 Å². The van der Waals surface area contributed by atoms with Crippen molar-refractivity contribution in [1.29, 1.82) is 0 Å². The molecule has 0 saturated carbocycles. The average Bonchev–Trinajstić information content (AvgIpc) is 2.99. The van der Waals surface area contributed by atoms with Crippen LogP contribution in [0.5, 0.6) is 0 Å². The average molecular weight is 244 g/mol. The highest BCUT2D eigenvalue weighted by molar-refractivity contribution is 7.15. The Morgan fingerprint density at radius 2 is 2.29 bits per heavy atom. The maximum Gasteiger partial charge on any atom is 0.104 e. The van der Waals surface area contributed by atoms with Crippen LogP contribution < -0.4 is 5.32 Å². The Labute approximate surface area is 105 Å². The van der Waals surface area contributed by atoms with E-state index in [1.165, 1.54) is 30.0 Å². The van der Waals surface area contributed by atoms with Crippen molar-refractivity contribution in [3.63, 3.8) is 0 Å². The summed E-state index contributed by atoms with van der Waals surface area (Å²) in [7, 11) is 0. The van der Waals surface area contributed by atoms with Gasteiger partial charge in [-0.3, -0.25) is 0 Å². The minimum atomic E-state index is 0.446. The fourth-order valence-corrected chi connectivity index (χ4v) is 4.54. The summed E-state index contributed by atoms with van der Waals surface area (Å²) in [5.41, 5.74) is 4.60. The quantitative estimate of drug-likeness (QED) is 0.753. The fraction of sp³-hybridized carbons (Fsp3) is 0.429. The number of hydrogen-bond donors (Lipinski definition) is 1. The number of thiophene rings is 1. The summed E-state index contributed by atoms with van der Waals surface area (Å²) < 4.78 is 2.39. The van der Waals surface area contributed by atoms with E-state index in [0.29, 0.717) is 6.04 Å². The standard InChI is InChI=1S/C14H16N2S/c1-9-12-5-3-7-16(12)14-11(8-15-9)10-4-2-6-13(10)17-14/h3,5,7,9,15H,2,4,6,8H2,1H3/t9-/m0/s1. The van der Waals surface area contributed by atoms with Gasteiger partial charge in [0.25, 0.3) is 0 Å². The molecule has 3 heteroatoms. The van der Waals surface area contributed by atoms with E-state index in [-0.39, 0.29) is 0 Å². The smallest absolute Gasteiger partial charge is 0.104 e. The largest absolute Gasteiger partial charge is 0.311 e. The topological polar surface area (TPSA) is 17.0 Å². The molecule has 2 aromatic rings. The number of aryl methyl sites for hydroxylation is 1. The van der Waals surface area contributed by atoms with Gasteiger partial charge in [0, 0.05) is 34.9 Å². The molecule has 2 nitrogen and oxygen atoms in total. The molecular formula is C14H16N2S. The second kappa shape index (κ2) is 3.47. The van der Waals surface area contributed by atoms with Gasteiger partial charge in [-0.05, 0) is 43.9 Å². The SMILES string of the molecule is C[C@@H]1NCc2c(sc3c2CCC3)-n2cccc21. The highest BCUT2D eigenvalue weighted by Gasteiger charge is 2.26. The summed E-state index contributed by atoms with van der Waals surface area (Å²) in [6, 6.07) is 4.84. The lowest BCUT2D eigenvalue weighted by atomic mass is 10.1. The molecule has 0 spiro atoms. The Hall–Kier alpha value is -1.06.